The van der Waals surface area contributed by atoms with Crippen molar-refractivity contribution < 1.29 is 9.53 Å². The zero-order valence-corrected chi connectivity index (χ0v) is 10.9. The van der Waals surface area contributed by atoms with Crippen LogP contribution in [0.4, 0.5) is 5.13 Å². The summed E-state index contributed by atoms with van der Waals surface area (Å²) in [6, 6.07) is 0.0223. The van der Waals surface area contributed by atoms with Crippen molar-refractivity contribution in [2.45, 2.75) is 45.1 Å². The molecule has 94 valence electrons. The maximum atomic E-state index is 11.3. The molecule has 1 aromatic heterocycles. The van der Waals surface area contributed by atoms with E-state index in [1.165, 1.54) is 24.4 Å². The molecule has 1 unspecified atom stereocenters. The zero-order valence-electron chi connectivity index (χ0n) is 10.1. The molecule has 17 heavy (non-hydrogen) atoms. The zero-order chi connectivity index (χ0) is 12.3. The lowest BCUT2D eigenvalue weighted by Crippen LogP contribution is -2.20. The highest BCUT2D eigenvalue weighted by Gasteiger charge is 2.28. The second-order valence-electron chi connectivity index (χ2n) is 4.29. The monoisotopic (exact) mass is 255 g/mol. The predicted octanol–water partition coefficient (Wildman–Crippen LogP) is 2.17. The molecule has 0 aromatic carbocycles. The van der Waals surface area contributed by atoms with Gasteiger partial charge >= 0.3 is 5.97 Å². The first kappa shape index (κ1) is 12.3. The fraction of sp³-hybridized carbons (Fsp3) is 0.727. The molecule has 0 aliphatic heterocycles. The van der Waals surface area contributed by atoms with Gasteiger partial charge in [0, 0.05) is 23.5 Å². The van der Waals surface area contributed by atoms with E-state index in [1.54, 1.807) is 0 Å². The van der Waals surface area contributed by atoms with E-state index >= 15 is 0 Å². The van der Waals surface area contributed by atoms with Gasteiger partial charge in [0.25, 0.3) is 0 Å². The highest BCUT2D eigenvalue weighted by Crippen LogP contribution is 2.39. The molecule has 0 radical (unpaired) electrons. The van der Waals surface area contributed by atoms with Gasteiger partial charge < -0.3 is 10.1 Å². The topological polar surface area (TPSA) is 64.1 Å². The summed E-state index contributed by atoms with van der Waals surface area (Å²) in [6.07, 6.45) is 2.76. The van der Waals surface area contributed by atoms with E-state index < -0.39 is 0 Å². The number of aromatic nitrogens is 2. The standard InChI is InChI=1S/C11H17N3O2S/c1-3-16-9(15)6-7(2)12-11-13-10(14-17-11)8-4-5-8/h7-8H,3-6H2,1-2H3,(H,12,13,14). The molecular weight excluding hydrogens is 238 g/mol. The summed E-state index contributed by atoms with van der Waals surface area (Å²) in [5.41, 5.74) is 0. The van der Waals surface area contributed by atoms with Gasteiger partial charge in [0.05, 0.1) is 13.0 Å². The quantitative estimate of drug-likeness (QED) is 0.789. The van der Waals surface area contributed by atoms with Gasteiger partial charge in [0.15, 0.2) is 0 Å². The molecule has 6 heteroatoms. The highest BCUT2D eigenvalue weighted by atomic mass is 32.1. The molecule has 0 amide bonds. The number of rotatable bonds is 6. The SMILES string of the molecule is CCOC(=O)CC(C)Nc1nc(C2CC2)ns1. The van der Waals surface area contributed by atoms with Crippen LogP contribution in [0.1, 0.15) is 44.9 Å². The summed E-state index contributed by atoms with van der Waals surface area (Å²) >= 11 is 1.36. The van der Waals surface area contributed by atoms with Crippen LogP contribution in [-0.4, -0.2) is 28.0 Å². The fourth-order valence-electron chi connectivity index (χ4n) is 1.53. The number of ether oxygens (including phenoxy) is 1. The Bertz CT molecular complexity index is 390. The van der Waals surface area contributed by atoms with E-state index in [9.17, 15) is 4.79 Å². The van der Waals surface area contributed by atoms with Crippen molar-refractivity contribution in [3.63, 3.8) is 0 Å². The van der Waals surface area contributed by atoms with E-state index in [2.05, 4.69) is 14.7 Å². The number of nitrogens with zero attached hydrogens (tertiary/aromatic N) is 2. The Hall–Kier alpha value is -1.17. The molecule has 1 atom stereocenters. The first-order chi connectivity index (χ1) is 8.19. The second kappa shape index (κ2) is 5.44. The normalized spacial score (nSPS) is 16.6. The molecule has 1 fully saturated rings. The molecule has 1 aliphatic rings. The van der Waals surface area contributed by atoms with Crippen LogP contribution < -0.4 is 5.32 Å². The van der Waals surface area contributed by atoms with Crippen LogP contribution >= 0.6 is 11.5 Å². The van der Waals surface area contributed by atoms with Gasteiger partial charge in [-0.15, -0.1) is 0 Å². The molecule has 1 heterocycles. The predicted molar refractivity (Wildman–Crippen MR) is 66.2 cm³/mol. The molecule has 0 spiro atoms. The molecule has 0 bridgehead atoms. The molecular formula is C11H17N3O2S. The lowest BCUT2D eigenvalue weighted by Gasteiger charge is -2.11. The van der Waals surface area contributed by atoms with Gasteiger partial charge in [-0.25, -0.2) is 4.98 Å². The third-order valence-electron chi connectivity index (χ3n) is 2.53. The Balaban J connectivity index is 1.80. The molecule has 5 nitrogen and oxygen atoms in total. The lowest BCUT2D eigenvalue weighted by molar-refractivity contribution is -0.143. The van der Waals surface area contributed by atoms with Crippen LogP contribution in [0, 0.1) is 0 Å². The van der Waals surface area contributed by atoms with Crippen molar-refractivity contribution in [1.29, 1.82) is 0 Å². The van der Waals surface area contributed by atoms with Crippen molar-refractivity contribution in [3.05, 3.63) is 5.82 Å². The molecule has 0 saturated heterocycles. The smallest absolute Gasteiger partial charge is 0.307 e. The van der Waals surface area contributed by atoms with Gasteiger partial charge in [-0.2, -0.15) is 4.37 Å². The van der Waals surface area contributed by atoms with Crippen LogP contribution in [0.25, 0.3) is 0 Å². The highest BCUT2D eigenvalue weighted by molar-refractivity contribution is 7.09. The summed E-state index contributed by atoms with van der Waals surface area (Å²) in [5.74, 6) is 1.34. The van der Waals surface area contributed by atoms with Gasteiger partial charge in [-0.05, 0) is 26.7 Å². The minimum atomic E-state index is -0.181. The summed E-state index contributed by atoms with van der Waals surface area (Å²) in [7, 11) is 0. The first-order valence-electron chi connectivity index (χ1n) is 5.94. The number of hydrogen-bond donors (Lipinski definition) is 1. The Kier molecular flexibility index (Phi) is 3.93. The van der Waals surface area contributed by atoms with Crippen molar-refractivity contribution in [1.82, 2.24) is 9.36 Å². The minimum Gasteiger partial charge on any atom is -0.466 e. The molecule has 1 saturated carbocycles. The van der Waals surface area contributed by atoms with Crippen molar-refractivity contribution >= 4 is 22.6 Å². The number of carbonyl (C=O) groups excluding carboxylic acids is 1. The van der Waals surface area contributed by atoms with Gasteiger partial charge in [-0.3, -0.25) is 4.79 Å². The van der Waals surface area contributed by atoms with Crippen LogP contribution in [0.3, 0.4) is 0 Å². The average Bonchev–Trinajstić information content (AvgIpc) is 3.01. The van der Waals surface area contributed by atoms with Crippen molar-refractivity contribution in [2.24, 2.45) is 0 Å². The number of carbonyl (C=O) groups is 1. The molecule has 1 aliphatic carbocycles. The lowest BCUT2D eigenvalue weighted by atomic mass is 10.2. The average molecular weight is 255 g/mol. The number of anilines is 1. The Morgan fingerprint density at radius 1 is 1.65 bits per heavy atom. The third-order valence-corrected chi connectivity index (χ3v) is 3.19. The summed E-state index contributed by atoms with van der Waals surface area (Å²) in [4.78, 5) is 15.7. The Morgan fingerprint density at radius 3 is 3.06 bits per heavy atom. The third kappa shape index (κ3) is 3.66. The maximum absolute atomic E-state index is 11.3. The Morgan fingerprint density at radius 2 is 2.41 bits per heavy atom. The largest absolute Gasteiger partial charge is 0.466 e. The van der Waals surface area contributed by atoms with E-state index in [0.29, 0.717) is 18.9 Å². The van der Waals surface area contributed by atoms with E-state index in [-0.39, 0.29) is 12.0 Å². The molecule has 2 rings (SSSR count). The van der Waals surface area contributed by atoms with E-state index in [0.717, 1.165) is 11.0 Å². The van der Waals surface area contributed by atoms with Crippen molar-refractivity contribution in [2.75, 3.05) is 11.9 Å². The van der Waals surface area contributed by atoms with Crippen molar-refractivity contribution in [3.8, 4) is 0 Å². The number of esters is 1. The summed E-state index contributed by atoms with van der Waals surface area (Å²) in [6.45, 7) is 4.17. The van der Waals surface area contributed by atoms with Gasteiger partial charge in [0.2, 0.25) is 5.13 Å². The maximum Gasteiger partial charge on any atom is 0.307 e. The number of nitrogens with one attached hydrogen (secondary N) is 1. The number of hydrogen-bond acceptors (Lipinski definition) is 6. The van der Waals surface area contributed by atoms with E-state index in [1.807, 2.05) is 13.8 Å². The van der Waals surface area contributed by atoms with Crippen LogP contribution in [0.2, 0.25) is 0 Å². The first-order valence-corrected chi connectivity index (χ1v) is 6.72. The van der Waals surface area contributed by atoms with Gasteiger partial charge in [-0.1, -0.05) is 0 Å². The fourth-order valence-corrected chi connectivity index (χ4v) is 2.29. The summed E-state index contributed by atoms with van der Waals surface area (Å²) in [5, 5.41) is 3.97. The van der Waals surface area contributed by atoms with Crippen LogP contribution in [0.15, 0.2) is 0 Å². The minimum absolute atomic E-state index is 0.0223. The van der Waals surface area contributed by atoms with Gasteiger partial charge in [0.1, 0.15) is 5.82 Å². The van der Waals surface area contributed by atoms with Crippen LogP contribution in [-0.2, 0) is 9.53 Å². The molecule has 1 aromatic rings. The second-order valence-corrected chi connectivity index (χ2v) is 5.04. The van der Waals surface area contributed by atoms with Crippen LogP contribution in [0.5, 0.6) is 0 Å². The summed E-state index contributed by atoms with van der Waals surface area (Å²) < 4.78 is 9.19. The van der Waals surface area contributed by atoms with E-state index in [4.69, 9.17) is 4.74 Å². The molecule has 1 N–H and O–H groups in total. The Labute approximate surface area is 105 Å².